The standard InChI is InChI=1S/C17H23NO4/c1-11(19)12-5-7-13(8-6-12)15(20)18-14(16(21)22)9-10-17(2,3)4/h5-8,14H,9-10H2,1-4H3,(H,18,20)(H,21,22). The summed E-state index contributed by atoms with van der Waals surface area (Å²) in [6.07, 6.45) is 1.06. The highest BCUT2D eigenvalue weighted by Gasteiger charge is 2.23. The van der Waals surface area contributed by atoms with Gasteiger partial charge in [0.05, 0.1) is 0 Å². The number of benzene rings is 1. The number of Topliss-reactive ketones (excluding diaryl/α,β-unsaturated/α-hetero) is 1. The third kappa shape index (κ3) is 5.68. The van der Waals surface area contributed by atoms with Crippen molar-refractivity contribution in [1.29, 1.82) is 0 Å². The number of hydrogen-bond acceptors (Lipinski definition) is 3. The van der Waals surface area contributed by atoms with Crippen molar-refractivity contribution in [3.05, 3.63) is 35.4 Å². The Kier molecular flexibility index (Phi) is 5.85. The molecule has 1 amide bonds. The molecule has 0 spiro atoms. The quantitative estimate of drug-likeness (QED) is 0.792. The summed E-state index contributed by atoms with van der Waals surface area (Å²) in [5, 5.41) is 11.8. The molecule has 1 atom stereocenters. The molecule has 2 N–H and O–H groups in total. The van der Waals surface area contributed by atoms with Crippen molar-refractivity contribution in [2.75, 3.05) is 0 Å². The normalized spacial score (nSPS) is 12.5. The molecular formula is C17H23NO4. The molecule has 0 aliphatic heterocycles. The van der Waals surface area contributed by atoms with Gasteiger partial charge in [0.2, 0.25) is 0 Å². The van der Waals surface area contributed by atoms with Crippen LogP contribution in [0.25, 0.3) is 0 Å². The molecule has 22 heavy (non-hydrogen) atoms. The fourth-order valence-electron chi connectivity index (χ4n) is 1.93. The largest absolute Gasteiger partial charge is 0.480 e. The third-order valence-electron chi connectivity index (χ3n) is 3.34. The number of carboxylic acids is 1. The predicted molar refractivity (Wildman–Crippen MR) is 84.0 cm³/mol. The molecule has 0 radical (unpaired) electrons. The van der Waals surface area contributed by atoms with E-state index in [0.29, 0.717) is 24.0 Å². The van der Waals surface area contributed by atoms with E-state index < -0.39 is 17.9 Å². The van der Waals surface area contributed by atoms with Crippen molar-refractivity contribution < 1.29 is 19.5 Å². The molecule has 0 saturated heterocycles. The highest BCUT2D eigenvalue weighted by Crippen LogP contribution is 2.21. The number of ketones is 1. The Labute approximate surface area is 130 Å². The van der Waals surface area contributed by atoms with Gasteiger partial charge >= 0.3 is 5.97 Å². The Hall–Kier alpha value is -2.17. The molecule has 0 saturated carbocycles. The van der Waals surface area contributed by atoms with Crippen LogP contribution in [0.4, 0.5) is 0 Å². The molecule has 1 aromatic rings. The molecule has 0 bridgehead atoms. The van der Waals surface area contributed by atoms with Gasteiger partial charge in [0.15, 0.2) is 5.78 Å². The van der Waals surface area contributed by atoms with Gasteiger partial charge in [0, 0.05) is 11.1 Å². The minimum absolute atomic E-state index is 0.00155. The molecular weight excluding hydrogens is 282 g/mol. The maximum atomic E-state index is 12.1. The average molecular weight is 305 g/mol. The highest BCUT2D eigenvalue weighted by atomic mass is 16.4. The molecule has 5 heteroatoms. The Bertz CT molecular complexity index is 555. The van der Waals surface area contributed by atoms with Crippen LogP contribution in [0, 0.1) is 5.41 Å². The molecule has 0 fully saturated rings. The zero-order chi connectivity index (χ0) is 16.9. The van der Waals surface area contributed by atoms with E-state index in [-0.39, 0.29) is 11.2 Å². The molecule has 0 aliphatic rings. The topological polar surface area (TPSA) is 83.5 Å². The van der Waals surface area contributed by atoms with Crippen LogP contribution in [0.15, 0.2) is 24.3 Å². The van der Waals surface area contributed by atoms with E-state index in [1.54, 1.807) is 12.1 Å². The van der Waals surface area contributed by atoms with Crippen LogP contribution in [-0.2, 0) is 4.79 Å². The molecule has 0 aromatic heterocycles. The second-order valence-corrected chi connectivity index (χ2v) is 6.60. The highest BCUT2D eigenvalue weighted by molar-refractivity contribution is 5.98. The Morgan fingerprint density at radius 2 is 1.59 bits per heavy atom. The fourth-order valence-corrected chi connectivity index (χ4v) is 1.93. The van der Waals surface area contributed by atoms with E-state index in [4.69, 9.17) is 0 Å². The maximum absolute atomic E-state index is 12.1. The van der Waals surface area contributed by atoms with Crippen LogP contribution in [-0.4, -0.2) is 28.8 Å². The van der Waals surface area contributed by atoms with Crippen molar-refractivity contribution in [2.45, 2.75) is 46.6 Å². The van der Waals surface area contributed by atoms with E-state index in [2.05, 4.69) is 5.32 Å². The van der Waals surface area contributed by atoms with Gasteiger partial charge in [-0.3, -0.25) is 9.59 Å². The first-order chi connectivity index (χ1) is 10.1. The number of carbonyl (C=O) groups is 3. The van der Waals surface area contributed by atoms with Gasteiger partial charge in [-0.2, -0.15) is 0 Å². The molecule has 5 nitrogen and oxygen atoms in total. The van der Waals surface area contributed by atoms with Crippen LogP contribution in [0.3, 0.4) is 0 Å². The van der Waals surface area contributed by atoms with Gasteiger partial charge in [0.25, 0.3) is 5.91 Å². The molecule has 1 aromatic carbocycles. The van der Waals surface area contributed by atoms with Gasteiger partial charge in [-0.05, 0) is 37.3 Å². The first-order valence-electron chi connectivity index (χ1n) is 7.25. The lowest BCUT2D eigenvalue weighted by atomic mass is 9.88. The molecule has 0 heterocycles. The van der Waals surface area contributed by atoms with Gasteiger partial charge in [-0.1, -0.05) is 32.9 Å². The summed E-state index contributed by atoms with van der Waals surface area (Å²) in [6.45, 7) is 7.51. The van der Waals surface area contributed by atoms with Crippen LogP contribution >= 0.6 is 0 Å². The number of carbonyl (C=O) groups excluding carboxylic acids is 2. The monoisotopic (exact) mass is 305 g/mol. The first kappa shape index (κ1) is 17.9. The van der Waals surface area contributed by atoms with Gasteiger partial charge in [0.1, 0.15) is 6.04 Å². The average Bonchev–Trinajstić information content (AvgIpc) is 2.41. The molecule has 1 rings (SSSR count). The van der Waals surface area contributed by atoms with E-state index >= 15 is 0 Å². The summed E-state index contributed by atoms with van der Waals surface area (Å²) in [6, 6.07) is 5.24. The number of nitrogens with one attached hydrogen (secondary N) is 1. The summed E-state index contributed by atoms with van der Waals surface area (Å²) in [5.41, 5.74) is 0.854. The summed E-state index contributed by atoms with van der Waals surface area (Å²) in [5.74, 6) is -1.57. The third-order valence-corrected chi connectivity index (χ3v) is 3.34. The second-order valence-electron chi connectivity index (χ2n) is 6.60. The van der Waals surface area contributed by atoms with Crippen LogP contribution in [0.2, 0.25) is 0 Å². The summed E-state index contributed by atoms with van der Waals surface area (Å²) >= 11 is 0. The maximum Gasteiger partial charge on any atom is 0.326 e. The molecule has 0 aliphatic carbocycles. The van der Waals surface area contributed by atoms with Gasteiger partial charge < -0.3 is 10.4 Å². The number of aliphatic carboxylic acids is 1. The lowest BCUT2D eigenvalue weighted by Gasteiger charge is -2.21. The molecule has 120 valence electrons. The lowest BCUT2D eigenvalue weighted by molar-refractivity contribution is -0.139. The Morgan fingerprint density at radius 3 is 2.00 bits per heavy atom. The number of hydrogen-bond donors (Lipinski definition) is 2. The van der Waals surface area contributed by atoms with Crippen molar-refractivity contribution in [3.63, 3.8) is 0 Å². The van der Waals surface area contributed by atoms with Crippen molar-refractivity contribution >= 4 is 17.7 Å². The van der Waals surface area contributed by atoms with Crippen LogP contribution < -0.4 is 5.32 Å². The Morgan fingerprint density at radius 1 is 1.09 bits per heavy atom. The SMILES string of the molecule is CC(=O)c1ccc(C(=O)NC(CCC(C)(C)C)C(=O)O)cc1. The first-order valence-corrected chi connectivity index (χ1v) is 7.25. The predicted octanol–water partition coefficient (Wildman–Crippen LogP) is 2.90. The van der Waals surface area contributed by atoms with E-state index in [1.165, 1.54) is 19.1 Å². The zero-order valence-corrected chi connectivity index (χ0v) is 13.5. The van der Waals surface area contributed by atoms with Crippen molar-refractivity contribution in [2.24, 2.45) is 5.41 Å². The van der Waals surface area contributed by atoms with Crippen molar-refractivity contribution in [1.82, 2.24) is 5.32 Å². The fraction of sp³-hybridized carbons (Fsp3) is 0.471. The van der Waals surface area contributed by atoms with Crippen LogP contribution in [0.5, 0.6) is 0 Å². The summed E-state index contributed by atoms with van der Waals surface area (Å²) in [4.78, 5) is 34.6. The van der Waals surface area contributed by atoms with Crippen LogP contribution in [0.1, 0.15) is 61.3 Å². The van der Waals surface area contributed by atoms with Gasteiger partial charge in [-0.25, -0.2) is 4.79 Å². The summed E-state index contributed by atoms with van der Waals surface area (Å²) in [7, 11) is 0. The smallest absolute Gasteiger partial charge is 0.326 e. The lowest BCUT2D eigenvalue weighted by Crippen LogP contribution is -2.41. The van der Waals surface area contributed by atoms with E-state index in [1.807, 2.05) is 20.8 Å². The van der Waals surface area contributed by atoms with E-state index in [0.717, 1.165) is 0 Å². The zero-order valence-electron chi connectivity index (χ0n) is 13.5. The molecule has 1 unspecified atom stereocenters. The second kappa shape index (κ2) is 7.20. The van der Waals surface area contributed by atoms with E-state index in [9.17, 15) is 19.5 Å². The minimum Gasteiger partial charge on any atom is -0.480 e. The number of rotatable bonds is 6. The number of carboxylic acid groups (broad SMARTS) is 1. The van der Waals surface area contributed by atoms with Gasteiger partial charge in [-0.15, -0.1) is 0 Å². The Balaban J connectivity index is 2.74. The number of amides is 1. The minimum atomic E-state index is -1.04. The summed E-state index contributed by atoms with van der Waals surface area (Å²) < 4.78 is 0. The van der Waals surface area contributed by atoms with Crippen molar-refractivity contribution in [3.8, 4) is 0 Å².